The molecule has 0 aliphatic carbocycles. The van der Waals surface area contributed by atoms with E-state index in [1.165, 1.54) is 0 Å². The lowest BCUT2D eigenvalue weighted by Gasteiger charge is -1.81. The molecule has 0 bridgehead atoms. The maximum atomic E-state index is 2.99. The Morgan fingerprint density at radius 1 is 1.43 bits per heavy atom. The van der Waals surface area contributed by atoms with Gasteiger partial charge in [0.15, 0.2) is 0 Å². The Morgan fingerprint density at radius 2 is 2.29 bits per heavy atom. The van der Waals surface area contributed by atoms with Crippen LogP contribution in [0.15, 0.2) is 24.3 Å². The Hall–Kier alpha value is -0.350. The van der Waals surface area contributed by atoms with Crippen molar-refractivity contribution in [1.82, 2.24) is 0 Å². The van der Waals surface area contributed by atoms with Crippen molar-refractivity contribution < 1.29 is 0 Å². The highest BCUT2D eigenvalue weighted by molar-refractivity contribution is 7.27. The van der Waals surface area contributed by atoms with Crippen LogP contribution in [-0.4, -0.2) is 0 Å². The van der Waals surface area contributed by atoms with Crippen molar-refractivity contribution in [3.8, 4) is 0 Å². The van der Waals surface area contributed by atoms with Crippen LogP contribution >= 0.6 is 9.24 Å². The average molecular weight is 109 g/mol. The Balaban J connectivity index is 3.02. The lowest BCUT2D eigenvalue weighted by Crippen LogP contribution is -1.83. The van der Waals surface area contributed by atoms with E-state index >= 15 is 0 Å². The van der Waals surface area contributed by atoms with E-state index in [1.54, 1.807) is 0 Å². The van der Waals surface area contributed by atoms with Crippen LogP contribution in [0, 0.1) is 6.07 Å². The Kier molecular flexibility index (Phi) is 1.43. The first-order valence-electron chi connectivity index (χ1n) is 2.12. The topological polar surface area (TPSA) is 0 Å². The first-order valence-corrected chi connectivity index (χ1v) is 2.69. The lowest BCUT2D eigenvalue weighted by molar-refractivity contribution is 1.76. The highest BCUT2D eigenvalue weighted by atomic mass is 31.0. The zero-order chi connectivity index (χ0) is 5.11. The molecule has 0 spiro atoms. The molecule has 0 saturated carbocycles. The lowest BCUT2D eigenvalue weighted by atomic mass is 10.4. The molecule has 1 aromatic rings. The molecule has 1 unspecified atom stereocenters. The first kappa shape index (κ1) is 4.80. The number of benzene rings is 1. The van der Waals surface area contributed by atoms with Gasteiger partial charge in [0.2, 0.25) is 0 Å². The summed E-state index contributed by atoms with van der Waals surface area (Å²) in [5.41, 5.74) is 0. The van der Waals surface area contributed by atoms with E-state index in [0.717, 1.165) is 5.30 Å². The fourth-order valence-corrected chi connectivity index (χ4v) is 0.615. The number of rotatable bonds is 0. The van der Waals surface area contributed by atoms with Gasteiger partial charge in [-0.15, -0.1) is 9.24 Å². The summed E-state index contributed by atoms with van der Waals surface area (Å²) in [7, 11) is 2.57. The normalized spacial score (nSPS) is 8.71. The smallest absolute Gasteiger partial charge is 0.0106 e. The van der Waals surface area contributed by atoms with Crippen LogP contribution in [0.25, 0.3) is 0 Å². The molecule has 1 aromatic carbocycles. The molecule has 0 nitrogen and oxygen atoms in total. The minimum atomic E-state index is 1.11. The van der Waals surface area contributed by atoms with Gasteiger partial charge in [-0.05, 0) is 11.4 Å². The van der Waals surface area contributed by atoms with E-state index in [0.29, 0.717) is 0 Å². The van der Waals surface area contributed by atoms with Crippen LogP contribution in [0.4, 0.5) is 0 Å². The molecule has 1 radical (unpaired) electrons. The van der Waals surface area contributed by atoms with Gasteiger partial charge in [-0.2, -0.15) is 0 Å². The van der Waals surface area contributed by atoms with Gasteiger partial charge in [-0.25, -0.2) is 0 Å². The molecule has 1 heteroatoms. The number of hydrogen-bond donors (Lipinski definition) is 0. The molecule has 0 aromatic heterocycles. The van der Waals surface area contributed by atoms with Crippen LogP contribution in [-0.2, 0) is 0 Å². The molecule has 1 rings (SSSR count). The predicted molar refractivity (Wildman–Crippen MR) is 34.6 cm³/mol. The van der Waals surface area contributed by atoms with Crippen molar-refractivity contribution in [2.45, 2.75) is 0 Å². The van der Waals surface area contributed by atoms with Gasteiger partial charge in [0.1, 0.15) is 0 Å². The maximum absolute atomic E-state index is 2.99. The third kappa shape index (κ3) is 1.29. The summed E-state index contributed by atoms with van der Waals surface area (Å²) < 4.78 is 0. The van der Waals surface area contributed by atoms with Crippen LogP contribution in [0.3, 0.4) is 0 Å². The average Bonchev–Trinajstić information content (AvgIpc) is 1.69. The highest BCUT2D eigenvalue weighted by Crippen LogP contribution is 1.85. The molecule has 0 heterocycles. The minimum absolute atomic E-state index is 1.11. The fourth-order valence-electron chi connectivity index (χ4n) is 0.407. The van der Waals surface area contributed by atoms with E-state index in [9.17, 15) is 0 Å². The van der Waals surface area contributed by atoms with Gasteiger partial charge >= 0.3 is 0 Å². The summed E-state index contributed by atoms with van der Waals surface area (Å²) in [4.78, 5) is 0. The van der Waals surface area contributed by atoms with E-state index < -0.39 is 0 Å². The Morgan fingerprint density at radius 3 is 2.57 bits per heavy atom. The largest absolute Gasteiger partial charge is 0.105 e. The molecule has 0 N–H and O–H groups in total. The summed E-state index contributed by atoms with van der Waals surface area (Å²) in [6.45, 7) is 0. The van der Waals surface area contributed by atoms with E-state index in [1.807, 2.05) is 24.3 Å². The zero-order valence-corrected chi connectivity index (χ0v) is 5.04. The van der Waals surface area contributed by atoms with E-state index in [-0.39, 0.29) is 0 Å². The molecule has 0 saturated heterocycles. The highest BCUT2D eigenvalue weighted by Gasteiger charge is 1.73. The molecule has 35 valence electrons. The van der Waals surface area contributed by atoms with Crippen molar-refractivity contribution in [2.75, 3.05) is 0 Å². The quantitative estimate of drug-likeness (QED) is 0.436. The maximum Gasteiger partial charge on any atom is -0.0106 e. The number of hydrogen-bond acceptors (Lipinski definition) is 0. The van der Waals surface area contributed by atoms with Crippen molar-refractivity contribution in [2.24, 2.45) is 0 Å². The fraction of sp³-hybridized carbons (Fsp3) is 0. The summed E-state index contributed by atoms with van der Waals surface area (Å²) >= 11 is 0. The zero-order valence-electron chi connectivity index (χ0n) is 3.89. The predicted octanol–water partition coefficient (Wildman–Crippen LogP) is 0.987. The van der Waals surface area contributed by atoms with Gasteiger partial charge < -0.3 is 0 Å². The molecular formula is C6H6P. The third-order valence-corrected chi connectivity index (χ3v) is 1.09. The molecule has 0 amide bonds. The molecule has 0 aliphatic heterocycles. The summed E-state index contributed by atoms with van der Waals surface area (Å²) in [5, 5.41) is 1.11. The Labute approximate surface area is 45.8 Å². The minimum Gasteiger partial charge on any atom is -0.105 e. The molecule has 0 fully saturated rings. The van der Waals surface area contributed by atoms with Crippen LogP contribution in [0.5, 0.6) is 0 Å². The van der Waals surface area contributed by atoms with Crippen molar-refractivity contribution in [3.05, 3.63) is 30.3 Å². The van der Waals surface area contributed by atoms with E-state index in [4.69, 9.17) is 0 Å². The van der Waals surface area contributed by atoms with Gasteiger partial charge in [-0.1, -0.05) is 24.3 Å². The van der Waals surface area contributed by atoms with Crippen molar-refractivity contribution in [3.63, 3.8) is 0 Å². The summed E-state index contributed by atoms with van der Waals surface area (Å²) in [6, 6.07) is 10.8. The van der Waals surface area contributed by atoms with Gasteiger partial charge in [0.05, 0.1) is 0 Å². The van der Waals surface area contributed by atoms with Crippen LogP contribution in [0.2, 0.25) is 0 Å². The monoisotopic (exact) mass is 109 g/mol. The molecule has 0 aliphatic rings. The molecule has 7 heavy (non-hydrogen) atoms. The SMILES string of the molecule is Pc1[c]cccc1. The molecule has 1 atom stereocenters. The standard InChI is InChI=1S/C6H6P/c7-6-4-2-1-3-5-6/h1-4H,7H2. The van der Waals surface area contributed by atoms with Crippen LogP contribution < -0.4 is 5.30 Å². The van der Waals surface area contributed by atoms with E-state index in [2.05, 4.69) is 15.3 Å². The van der Waals surface area contributed by atoms with Gasteiger partial charge in [0, 0.05) is 0 Å². The second-order valence-electron chi connectivity index (χ2n) is 1.32. The second-order valence-corrected chi connectivity index (χ2v) is 1.94. The van der Waals surface area contributed by atoms with Crippen molar-refractivity contribution >= 4 is 14.5 Å². The van der Waals surface area contributed by atoms with Gasteiger partial charge in [-0.3, -0.25) is 0 Å². The third-order valence-electron chi connectivity index (χ3n) is 0.733. The first-order chi connectivity index (χ1) is 3.39. The summed E-state index contributed by atoms with van der Waals surface area (Å²) in [5.74, 6) is 0. The van der Waals surface area contributed by atoms with Gasteiger partial charge in [0.25, 0.3) is 0 Å². The van der Waals surface area contributed by atoms with Crippen LogP contribution in [0.1, 0.15) is 0 Å². The Bertz CT molecular complexity index is 134. The second kappa shape index (κ2) is 2.09. The van der Waals surface area contributed by atoms with Crippen molar-refractivity contribution in [1.29, 1.82) is 0 Å². The summed E-state index contributed by atoms with van der Waals surface area (Å²) in [6.07, 6.45) is 0. The molecular weight excluding hydrogens is 103 g/mol.